The van der Waals surface area contributed by atoms with Crippen molar-refractivity contribution in [2.24, 2.45) is 0 Å². The van der Waals surface area contributed by atoms with Crippen molar-refractivity contribution in [3.8, 4) is 6.07 Å². The van der Waals surface area contributed by atoms with Crippen molar-refractivity contribution >= 4 is 27.6 Å². The molecule has 0 aliphatic heterocycles. The fourth-order valence-corrected chi connectivity index (χ4v) is 1.41. The SMILES string of the molecule is N#Cc1ccc(Nc2ncc(Br)c(=O)[nH]2)cc1. The zero-order valence-electron chi connectivity index (χ0n) is 8.57. The summed E-state index contributed by atoms with van der Waals surface area (Å²) in [6, 6.07) is 8.86. The fourth-order valence-electron chi connectivity index (χ4n) is 1.21. The predicted octanol–water partition coefficient (Wildman–Crippen LogP) is 2.15. The first-order valence-electron chi connectivity index (χ1n) is 4.71. The van der Waals surface area contributed by atoms with Crippen LogP contribution in [0.25, 0.3) is 0 Å². The molecule has 0 fully saturated rings. The van der Waals surface area contributed by atoms with Crippen molar-refractivity contribution in [2.45, 2.75) is 0 Å². The van der Waals surface area contributed by atoms with E-state index in [2.05, 4.69) is 31.2 Å². The van der Waals surface area contributed by atoms with Gasteiger partial charge in [0, 0.05) is 5.69 Å². The number of hydrogen-bond donors (Lipinski definition) is 2. The zero-order valence-corrected chi connectivity index (χ0v) is 10.2. The second-order valence-electron chi connectivity index (χ2n) is 3.22. The Morgan fingerprint density at radius 3 is 2.65 bits per heavy atom. The lowest BCUT2D eigenvalue weighted by atomic mass is 10.2. The summed E-state index contributed by atoms with van der Waals surface area (Å²) in [5, 5.41) is 11.6. The number of rotatable bonds is 2. The van der Waals surface area contributed by atoms with Crippen molar-refractivity contribution in [2.75, 3.05) is 5.32 Å². The molecule has 2 aromatic rings. The highest BCUT2D eigenvalue weighted by Crippen LogP contribution is 2.13. The van der Waals surface area contributed by atoms with Crippen molar-refractivity contribution < 1.29 is 0 Å². The molecule has 2 rings (SSSR count). The van der Waals surface area contributed by atoms with Crippen LogP contribution in [0.2, 0.25) is 0 Å². The highest BCUT2D eigenvalue weighted by molar-refractivity contribution is 9.10. The van der Waals surface area contributed by atoms with Crippen molar-refractivity contribution in [3.05, 3.63) is 50.9 Å². The summed E-state index contributed by atoms with van der Waals surface area (Å²) in [5.41, 5.74) is 1.07. The minimum atomic E-state index is -0.254. The van der Waals surface area contributed by atoms with Crippen LogP contribution in [-0.4, -0.2) is 9.97 Å². The Kier molecular flexibility index (Phi) is 3.21. The maximum absolute atomic E-state index is 11.3. The highest BCUT2D eigenvalue weighted by Gasteiger charge is 2.00. The Hall–Kier alpha value is -2.13. The molecule has 0 radical (unpaired) electrons. The first-order valence-corrected chi connectivity index (χ1v) is 5.50. The van der Waals surface area contributed by atoms with Crippen molar-refractivity contribution in [3.63, 3.8) is 0 Å². The number of halogens is 1. The van der Waals surface area contributed by atoms with Crippen molar-refractivity contribution in [1.29, 1.82) is 5.26 Å². The van der Waals surface area contributed by atoms with E-state index in [0.717, 1.165) is 5.69 Å². The maximum atomic E-state index is 11.3. The molecule has 6 heteroatoms. The number of nitriles is 1. The number of aromatic nitrogens is 2. The van der Waals surface area contributed by atoms with Gasteiger partial charge in [-0.3, -0.25) is 9.78 Å². The predicted molar refractivity (Wildman–Crippen MR) is 67.0 cm³/mol. The fraction of sp³-hybridized carbons (Fsp3) is 0. The summed E-state index contributed by atoms with van der Waals surface area (Å²) in [5.74, 6) is 0.350. The van der Waals surface area contributed by atoms with Gasteiger partial charge in [0.15, 0.2) is 0 Å². The van der Waals surface area contributed by atoms with Crippen LogP contribution in [0.15, 0.2) is 39.7 Å². The molecule has 0 saturated carbocycles. The number of nitrogens with zero attached hydrogens (tertiary/aromatic N) is 2. The summed E-state index contributed by atoms with van der Waals surface area (Å²) >= 11 is 3.06. The Balaban J connectivity index is 2.23. The van der Waals surface area contributed by atoms with Crippen LogP contribution in [-0.2, 0) is 0 Å². The van der Waals surface area contributed by atoms with Gasteiger partial charge in [-0.2, -0.15) is 5.26 Å². The normalized spacial score (nSPS) is 9.65. The molecular formula is C11H7BrN4O. The zero-order chi connectivity index (χ0) is 12.3. The molecule has 0 spiro atoms. The molecule has 1 aromatic heterocycles. The topological polar surface area (TPSA) is 81.6 Å². The van der Waals surface area contributed by atoms with Gasteiger partial charge in [-0.05, 0) is 40.2 Å². The molecule has 0 aliphatic carbocycles. The summed E-state index contributed by atoms with van der Waals surface area (Å²) in [6.45, 7) is 0. The lowest BCUT2D eigenvalue weighted by Gasteiger charge is -2.04. The van der Waals surface area contributed by atoms with Gasteiger partial charge < -0.3 is 5.32 Å². The van der Waals surface area contributed by atoms with Crippen LogP contribution in [0, 0.1) is 11.3 Å². The summed E-state index contributed by atoms with van der Waals surface area (Å²) in [4.78, 5) is 17.9. The smallest absolute Gasteiger partial charge is 0.266 e. The first kappa shape index (κ1) is 11.4. The van der Waals surface area contributed by atoms with Gasteiger partial charge in [-0.25, -0.2) is 4.98 Å². The molecule has 84 valence electrons. The standard InChI is InChI=1S/C11H7BrN4O/c12-9-6-14-11(16-10(9)17)15-8-3-1-7(5-13)2-4-8/h1-4,6H,(H2,14,15,16,17). The van der Waals surface area contributed by atoms with Gasteiger partial charge in [0.05, 0.1) is 17.8 Å². The Bertz CT molecular complexity index is 627. The van der Waals surface area contributed by atoms with E-state index in [9.17, 15) is 4.79 Å². The molecule has 0 saturated heterocycles. The molecule has 0 bridgehead atoms. The van der Waals surface area contributed by atoms with Gasteiger partial charge in [0.2, 0.25) is 5.95 Å². The van der Waals surface area contributed by atoms with E-state index in [4.69, 9.17) is 5.26 Å². The lowest BCUT2D eigenvalue weighted by molar-refractivity contribution is 1.10. The molecule has 0 unspecified atom stereocenters. The van der Waals surface area contributed by atoms with E-state index in [1.807, 2.05) is 6.07 Å². The molecule has 1 heterocycles. The summed E-state index contributed by atoms with van der Waals surface area (Å²) in [6.07, 6.45) is 1.42. The number of H-pyrrole nitrogens is 1. The lowest BCUT2D eigenvalue weighted by Crippen LogP contribution is -2.10. The van der Waals surface area contributed by atoms with Crippen LogP contribution >= 0.6 is 15.9 Å². The van der Waals surface area contributed by atoms with Gasteiger partial charge in [-0.1, -0.05) is 0 Å². The molecule has 5 nitrogen and oxygen atoms in total. The van der Waals surface area contributed by atoms with E-state index in [1.54, 1.807) is 24.3 Å². The molecule has 0 aliphatic rings. The van der Waals surface area contributed by atoms with Crippen LogP contribution in [0.1, 0.15) is 5.56 Å². The Morgan fingerprint density at radius 1 is 1.35 bits per heavy atom. The average Bonchev–Trinajstić information content (AvgIpc) is 2.35. The van der Waals surface area contributed by atoms with Gasteiger partial charge in [-0.15, -0.1) is 0 Å². The van der Waals surface area contributed by atoms with Crippen LogP contribution < -0.4 is 10.9 Å². The molecule has 0 amide bonds. The molecular weight excluding hydrogens is 284 g/mol. The number of benzene rings is 1. The molecule has 17 heavy (non-hydrogen) atoms. The van der Waals surface area contributed by atoms with E-state index < -0.39 is 0 Å². The van der Waals surface area contributed by atoms with Crippen molar-refractivity contribution in [1.82, 2.24) is 9.97 Å². The van der Waals surface area contributed by atoms with E-state index >= 15 is 0 Å². The minimum absolute atomic E-state index is 0.254. The van der Waals surface area contributed by atoms with Crippen LogP contribution in [0.4, 0.5) is 11.6 Å². The van der Waals surface area contributed by atoms with E-state index in [0.29, 0.717) is 16.0 Å². The summed E-state index contributed by atoms with van der Waals surface area (Å²) < 4.78 is 0.378. The Labute approximate surface area is 105 Å². The monoisotopic (exact) mass is 290 g/mol. The Morgan fingerprint density at radius 2 is 2.06 bits per heavy atom. The molecule has 2 N–H and O–H groups in total. The third-order valence-electron chi connectivity index (χ3n) is 2.03. The second kappa shape index (κ2) is 4.80. The number of aromatic amines is 1. The number of nitrogens with one attached hydrogen (secondary N) is 2. The van der Waals surface area contributed by atoms with Gasteiger partial charge in [0.1, 0.15) is 4.47 Å². The minimum Gasteiger partial charge on any atom is -0.326 e. The highest BCUT2D eigenvalue weighted by atomic mass is 79.9. The first-order chi connectivity index (χ1) is 8.19. The average molecular weight is 291 g/mol. The van der Waals surface area contributed by atoms with E-state index in [-0.39, 0.29) is 5.56 Å². The van der Waals surface area contributed by atoms with Crippen LogP contribution in [0.5, 0.6) is 0 Å². The number of hydrogen-bond acceptors (Lipinski definition) is 4. The molecule has 0 atom stereocenters. The number of anilines is 2. The largest absolute Gasteiger partial charge is 0.326 e. The van der Waals surface area contributed by atoms with Gasteiger partial charge in [0.25, 0.3) is 5.56 Å². The second-order valence-corrected chi connectivity index (χ2v) is 4.08. The maximum Gasteiger partial charge on any atom is 0.266 e. The molecule has 1 aromatic carbocycles. The third-order valence-corrected chi connectivity index (χ3v) is 2.60. The van der Waals surface area contributed by atoms with Gasteiger partial charge >= 0.3 is 0 Å². The van der Waals surface area contributed by atoms with E-state index in [1.165, 1.54) is 6.20 Å². The quantitative estimate of drug-likeness (QED) is 0.888. The third kappa shape index (κ3) is 2.71. The summed E-state index contributed by atoms with van der Waals surface area (Å²) in [7, 11) is 0. The van der Waals surface area contributed by atoms with Crippen LogP contribution in [0.3, 0.4) is 0 Å².